The Kier molecular flexibility index (Phi) is 4.58. The van der Waals surface area contributed by atoms with Gasteiger partial charge < -0.3 is 14.2 Å². The largest absolute Gasteiger partial charge is 0.462 e. The zero-order valence-electron chi connectivity index (χ0n) is 15.6. The summed E-state index contributed by atoms with van der Waals surface area (Å²) in [4.78, 5) is 35.4. The van der Waals surface area contributed by atoms with Crippen LogP contribution in [0.2, 0.25) is 0 Å². The van der Waals surface area contributed by atoms with Crippen LogP contribution in [0, 0.1) is 29.1 Å². The molecule has 2 saturated carbocycles. The Morgan fingerprint density at radius 3 is 2.40 bits per heavy atom. The zero-order chi connectivity index (χ0) is 18.5. The molecule has 0 spiro atoms. The Balaban J connectivity index is 1.97. The van der Waals surface area contributed by atoms with Crippen LogP contribution in [-0.2, 0) is 28.6 Å². The highest BCUT2D eigenvalue weighted by Gasteiger charge is 2.63. The smallest absolute Gasteiger partial charge is 0.309 e. The van der Waals surface area contributed by atoms with E-state index in [1.165, 1.54) is 13.8 Å². The van der Waals surface area contributed by atoms with Gasteiger partial charge in [0.15, 0.2) is 0 Å². The van der Waals surface area contributed by atoms with E-state index < -0.39 is 0 Å². The fraction of sp³-hybridized carbons (Fsp3) is 0.842. The molecular weight excluding hydrogens is 324 g/mol. The molecule has 0 N–H and O–H groups in total. The monoisotopic (exact) mass is 352 g/mol. The number of rotatable bonds is 2. The van der Waals surface area contributed by atoms with E-state index in [2.05, 4.69) is 13.8 Å². The van der Waals surface area contributed by atoms with Gasteiger partial charge in [-0.25, -0.2) is 0 Å². The summed E-state index contributed by atoms with van der Waals surface area (Å²) in [7, 11) is 0. The van der Waals surface area contributed by atoms with Gasteiger partial charge in [0, 0.05) is 43.4 Å². The fourth-order valence-electron chi connectivity index (χ4n) is 5.51. The van der Waals surface area contributed by atoms with E-state index in [4.69, 9.17) is 14.2 Å². The third kappa shape index (κ3) is 2.93. The molecule has 1 heterocycles. The van der Waals surface area contributed by atoms with E-state index in [1.807, 2.05) is 6.92 Å². The second kappa shape index (κ2) is 6.29. The Hall–Kier alpha value is -1.59. The minimum Gasteiger partial charge on any atom is -0.462 e. The molecular formula is C19H28O6. The van der Waals surface area contributed by atoms with Gasteiger partial charge in [0.1, 0.15) is 18.3 Å². The first-order valence-corrected chi connectivity index (χ1v) is 9.20. The van der Waals surface area contributed by atoms with Crippen molar-refractivity contribution >= 4 is 17.9 Å². The third-order valence-electron chi connectivity index (χ3n) is 6.78. The molecule has 25 heavy (non-hydrogen) atoms. The maximum atomic E-state index is 12.2. The van der Waals surface area contributed by atoms with E-state index in [9.17, 15) is 14.4 Å². The Bertz CT molecular complexity index is 586. The molecule has 6 heteroatoms. The van der Waals surface area contributed by atoms with Gasteiger partial charge in [0.25, 0.3) is 0 Å². The molecule has 1 aliphatic heterocycles. The van der Waals surface area contributed by atoms with E-state index in [-0.39, 0.29) is 65.3 Å². The number of ether oxygens (including phenoxy) is 3. The molecule has 140 valence electrons. The summed E-state index contributed by atoms with van der Waals surface area (Å²) in [5, 5.41) is 0. The second-order valence-corrected chi connectivity index (χ2v) is 8.27. The fourth-order valence-corrected chi connectivity index (χ4v) is 5.51. The molecule has 6 nitrogen and oxygen atoms in total. The first-order chi connectivity index (χ1) is 11.6. The maximum absolute atomic E-state index is 12.2. The van der Waals surface area contributed by atoms with E-state index >= 15 is 0 Å². The molecule has 3 fully saturated rings. The van der Waals surface area contributed by atoms with Gasteiger partial charge in [0.2, 0.25) is 0 Å². The van der Waals surface area contributed by atoms with Crippen LogP contribution in [0.15, 0.2) is 0 Å². The molecule has 2 aliphatic carbocycles. The average Bonchev–Trinajstić information content (AvgIpc) is 2.78. The first-order valence-electron chi connectivity index (χ1n) is 9.20. The van der Waals surface area contributed by atoms with Crippen LogP contribution in [0.25, 0.3) is 0 Å². The summed E-state index contributed by atoms with van der Waals surface area (Å²) in [5.41, 5.74) is -0.284. The second-order valence-electron chi connectivity index (χ2n) is 8.27. The molecule has 0 aromatic rings. The van der Waals surface area contributed by atoms with Gasteiger partial charge >= 0.3 is 17.9 Å². The summed E-state index contributed by atoms with van der Waals surface area (Å²) in [6.07, 6.45) is 1.36. The van der Waals surface area contributed by atoms with Gasteiger partial charge in [-0.1, -0.05) is 20.8 Å². The molecule has 3 aliphatic rings. The van der Waals surface area contributed by atoms with Crippen LogP contribution >= 0.6 is 0 Å². The highest BCUT2D eigenvalue weighted by molar-refractivity contribution is 5.75. The lowest BCUT2D eigenvalue weighted by atomic mass is 9.51. The molecule has 0 radical (unpaired) electrons. The molecule has 1 saturated heterocycles. The highest BCUT2D eigenvalue weighted by atomic mass is 16.6. The minimum absolute atomic E-state index is 0.00241. The average molecular weight is 352 g/mol. The molecule has 8 atom stereocenters. The minimum atomic E-state index is -0.342. The van der Waals surface area contributed by atoms with Gasteiger partial charge in [-0.3, -0.25) is 14.4 Å². The van der Waals surface area contributed by atoms with Crippen molar-refractivity contribution in [3.8, 4) is 0 Å². The van der Waals surface area contributed by atoms with E-state index in [0.29, 0.717) is 6.42 Å². The van der Waals surface area contributed by atoms with Crippen LogP contribution in [-0.4, -0.2) is 36.2 Å². The van der Waals surface area contributed by atoms with Gasteiger partial charge in [-0.05, 0) is 12.8 Å². The lowest BCUT2D eigenvalue weighted by Crippen LogP contribution is -2.60. The third-order valence-corrected chi connectivity index (χ3v) is 6.78. The first kappa shape index (κ1) is 18.2. The standard InChI is InChI=1S/C19H28O6/c1-9-13-6-7-19(5)15(24-12(4)21)8-14(23-11(3)20)10(2)16(19)17(13)25-18(9)22/h9-10,13-17H,6-8H2,1-5H3/t9-,10+,13-,14-,15+,16+,17-,19-/m0/s1. The summed E-state index contributed by atoms with van der Waals surface area (Å²) >= 11 is 0. The quantitative estimate of drug-likeness (QED) is 0.561. The molecule has 0 aromatic heterocycles. The Morgan fingerprint density at radius 2 is 1.80 bits per heavy atom. The van der Waals surface area contributed by atoms with E-state index in [0.717, 1.165) is 12.8 Å². The number of carbonyl (C=O) groups is 3. The van der Waals surface area contributed by atoms with Crippen molar-refractivity contribution in [1.29, 1.82) is 0 Å². The van der Waals surface area contributed by atoms with Gasteiger partial charge in [-0.15, -0.1) is 0 Å². The van der Waals surface area contributed by atoms with Crippen molar-refractivity contribution in [2.24, 2.45) is 29.1 Å². The predicted molar refractivity (Wildman–Crippen MR) is 88.3 cm³/mol. The van der Waals surface area contributed by atoms with Crippen molar-refractivity contribution in [3.63, 3.8) is 0 Å². The maximum Gasteiger partial charge on any atom is 0.309 e. The van der Waals surface area contributed by atoms with Crippen LogP contribution in [0.3, 0.4) is 0 Å². The zero-order valence-corrected chi connectivity index (χ0v) is 15.6. The van der Waals surface area contributed by atoms with E-state index in [1.54, 1.807) is 0 Å². The van der Waals surface area contributed by atoms with Crippen LogP contribution in [0.1, 0.15) is 53.9 Å². The normalized spacial score (nSPS) is 45.8. The summed E-state index contributed by atoms with van der Waals surface area (Å²) in [6.45, 7) is 8.90. The number of hydrogen-bond acceptors (Lipinski definition) is 6. The Labute approximate surface area is 148 Å². The topological polar surface area (TPSA) is 78.9 Å². The van der Waals surface area contributed by atoms with Crippen molar-refractivity contribution < 1.29 is 28.6 Å². The summed E-state index contributed by atoms with van der Waals surface area (Å²) in [5.74, 6) is -0.712. The number of hydrogen-bond donors (Lipinski definition) is 0. The predicted octanol–water partition coefficient (Wildman–Crippen LogP) is 2.48. The highest BCUT2D eigenvalue weighted by Crippen LogP contribution is 2.59. The van der Waals surface area contributed by atoms with Crippen molar-refractivity contribution in [1.82, 2.24) is 0 Å². The number of esters is 3. The summed E-state index contributed by atoms with van der Waals surface area (Å²) in [6, 6.07) is 0. The molecule has 0 bridgehead atoms. The number of carbonyl (C=O) groups excluding carboxylic acids is 3. The van der Waals surface area contributed by atoms with Gasteiger partial charge in [0.05, 0.1) is 5.92 Å². The molecule has 3 rings (SSSR count). The van der Waals surface area contributed by atoms with Crippen molar-refractivity contribution in [2.45, 2.75) is 72.2 Å². The van der Waals surface area contributed by atoms with Crippen LogP contribution < -0.4 is 0 Å². The van der Waals surface area contributed by atoms with Crippen LogP contribution in [0.4, 0.5) is 0 Å². The Morgan fingerprint density at radius 1 is 1.16 bits per heavy atom. The lowest BCUT2D eigenvalue weighted by Gasteiger charge is -2.56. The summed E-state index contributed by atoms with van der Waals surface area (Å²) < 4.78 is 17.0. The van der Waals surface area contributed by atoms with Gasteiger partial charge in [-0.2, -0.15) is 0 Å². The lowest BCUT2D eigenvalue weighted by molar-refractivity contribution is -0.209. The SMILES string of the molecule is CC(=O)O[C@H]1C[C@@H](OC(C)=O)[C@]2(C)CC[C@@H]3[C@H](OC(=O)[C@H]3C)[C@H]2[C@@H]1C. The van der Waals surface area contributed by atoms with Crippen LogP contribution in [0.5, 0.6) is 0 Å². The molecule has 0 aromatic carbocycles. The number of fused-ring (bicyclic) bond motifs is 3. The molecule has 0 unspecified atom stereocenters. The van der Waals surface area contributed by atoms with Crippen molar-refractivity contribution in [2.75, 3.05) is 0 Å². The van der Waals surface area contributed by atoms with Crippen molar-refractivity contribution in [3.05, 3.63) is 0 Å². The molecule has 0 amide bonds.